The molecule has 0 bridgehead atoms. The smallest absolute Gasteiger partial charge is 0.433 e. The van der Waals surface area contributed by atoms with Gasteiger partial charge in [-0.1, -0.05) is 0 Å². The average molecular weight is 346 g/mol. The van der Waals surface area contributed by atoms with Gasteiger partial charge in [0.15, 0.2) is 0 Å². The van der Waals surface area contributed by atoms with Crippen molar-refractivity contribution in [1.29, 1.82) is 0 Å². The Morgan fingerprint density at radius 1 is 1.35 bits per heavy atom. The molecule has 0 saturated carbocycles. The first-order chi connectivity index (χ1) is 10.8. The minimum absolute atomic E-state index is 0.0403. The summed E-state index contributed by atoms with van der Waals surface area (Å²) in [5.41, 5.74) is -1.06. The van der Waals surface area contributed by atoms with Gasteiger partial charge in [0.05, 0.1) is 24.9 Å². The van der Waals surface area contributed by atoms with Crippen LogP contribution in [0.4, 0.5) is 23.7 Å². The zero-order valence-corrected chi connectivity index (χ0v) is 13.0. The number of aromatic nitrogens is 2. The SMILES string of the molecule is COc1cc(C(F)(F)F)ncc1NC(=O)NCc1cnc(C)s1. The van der Waals surface area contributed by atoms with E-state index >= 15 is 0 Å². The minimum Gasteiger partial charge on any atom is -0.494 e. The number of rotatable bonds is 4. The normalized spacial score (nSPS) is 11.2. The van der Waals surface area contributed by atoms with Gasteiger partial charge in [-0.3, -0.25) is 0 Å². The highest BCUT2D eigenvalue weighted by molar-refractivity contribution is 7.11. The molecule has 0 unspecified atom stereocenters. The van der Waals surface area contributed by atoms with Gasteiger partial charge in [0, 0.05) is 17.1 Å². The van der Waals surface area contributed by atoms with Gasteiger partial charge in [-0.15, -0.1) is 11.3 Å². The van der Waals surface area contributed by atoms with Gasteiger partial charge in [-0.05, 0) is 6.92 Å². The summed E-state index contributed by atoms with van der Waals surface area (Å²) in [6, 6.07) is 0.137. The third-order valence-electron chi connectivity index (χ3n) is 2.72. The molecule has 2 aromatic rings. The maximum absolute atomic E-state index is 12.6. The van der Waals surface area contributed by atoms with Gasteiger partial charge < -0.3 is 15.4 Å². The molecule has 2 heterocycles. The lowest BCUT2D eigenvalue weighted by atomic mass is 10.3. The molecular weight excluding hydrogens is 333 g/mol. The molecule has 0 aliphatic carbocycles. The molecule has 10 heteroatoms. The number of amides is 2. The van der Waals surface area contributed by atoms with E-state index in [1.165, 1.54) is 18.4 Å². The van der Waals surface area contributed by atoms with Crippen LogP contribution in [0.15, 0.2) is 18.5 Å². The van der Waals surface area contributed by atoms with Crippen molar-refractivity contribution >= 4 is 23.1 Å². The molecule has 0 aliphatic heterocycles. The molecule has 0 aliphatic rings. The van der Waals surface area contributed by atoms with Crippen molar-refractivity contribution < 1.29 is 22.7 Å². The zero-order chi connectivity index (χ0) is 17.0. The molecule has 124 valence electrons. The van der Waals surface area contributed by atoms with E-state index < -0.39 is 17.9 Å². The Labute approximate surface area is 133 Å². The van der Waals surface area contributed by atoms with Crippen LogP contribution in [-0.4, -0.2) is 23.1 Å². The molecular formula is C13H13F3N4O2S. The monoisotopic (exact) mass is 346 g/mol. The summed E-state index contributed by atoms with van der Waals surface area (Å²) in [5, 5.41) is 5.84. The van der Waals surface area contributed by atoms with Crippen LogP contribution >= 0.6 is 11.3 Å². The molecule has 0 saturated heterocycles. The van der Waals surface area contributed by atoms with Crippen molar-refractivity contribution in [3.05, 3.63) is 34.0 Å². The van der Waals surface area contributed by atoms with E-state index in [4.69, 9.17) is 4.74 Å². The Kier molecular flexibility index (Phi) is 5.04. The summed E-state index contributed by atoms with van der Waals surface area (Å²) in [6.45, 7) is 2.10. The van der Waals surface area contributed by atoms with E-state index in [1.54, 1.807) is 6.20 Å². The second-order valence-electron chi connectivity index (χ2n) is 4.42. The molecule has 0 atom stereocenters. The van der Waals surface area contributed by atoms with Crippen LogP contribution in [0.3, 0.4) is 0 Å². The number of nitrogens with zero attached hydrogens (tertiary/aromatic N) is 2. The number of carbonyl (C=O) groups excluding carboxylic acids is 1. The van der Waals surface area contributed by atoms with E-state index in [0.29, 0.717) is 0 Å². The van der Waals surface area contributed by atoms with E-state index in [0.717, 1.165) is 22.1 Å². The van der Waals surface area contributed by atoms with E-state index in [9.17, 15) is 18.0 Å². The molecule has 6 nitrogen and oxygen atoms in total. The molecule has 2 amide bonds. The van der Waals surface area contributed by atoms with Crippen molar-refractivity contribution in [2.45, 2.75) is 19.6 Å². The lowest BCUT2D eigenvalue weighted by Crippen LogP contribution is -2.28. The van der Waals surface area contributed by atoms with Crippen LogP contribution in [0.25, 0.3) is 0 Å². The van der Waals surface area contributed by atoms with E-state index in [2.05, 4.69) is 20.6 Å². The fourth-order valence-corrected chi connectivity index (χ4v) is 2.41. The number of ether oxygens (including phenoxy) is 1. The molecule has 0 radical (unpaired) electrons. The van der Waals surface area contributed by atoms with Crippen molar-refractivity contribution in [3.8, 4) is 5.75 Å². The number of alkyl halides is 3. The van der Waals surface area contributed by atoms with Gasteiger partial charge in [-0.2, -0.15) is 13.2 Å². The van der Waals surface area contributed by atoms with Crippen LogP contribution in [0.1, 0.15) is 15.6 Å². The Balaban J connectivity index is 2.02. The summed E-state index contributed by atoms with van der Waals surface area (Å²) in [5.74, 6) is -0.129. The van der Waals surface area contributed by atoms with E-state index in [-0.39, 0.29) is 18.0 Å². The van der Waals surface area contributed by atoms with E-state index in [1.807, 2.05) is 6.92 Å². The number of hydrogen-bond donors (Lipinski definition) is 2. The molecule has 23 heavy (non-hydrogen) atoms. The molecule has 2 N–H and O–H groups in total. The van der Waals surface area contributed by atoms with Crippen molar-refractivity contribution in [3.63, 3.8) is 0 Å². The lowest BCUT2D eigenvalue weighted by molar-refractivity contribution is -0.141. The highest BCUT2D eigenvalue weighted by Crippen LogP contribution is 2.33. The van der Waals surface area contributed by atoms with Gasteiger partial charge in [-0.25, -0.2) is 14.8 Å². The summed E-state index contributed by atoms with van der Waals surface area (Å²) >= 11 is 1.43. The third kappa shape index (κ3) is 4.55. The fourth-order valence-electron chi connectivity index (χ4n) is 1.68. The number of halogens is 3. The highest BCUT2D eigenvalue weighted by atomic mass is 32.1. The van der Waals surface area contributed by atoms with Crippen LogP contribution in [-0.2, 0) is 12.7 Å². The standard InChI is InChI=1S/C13H13F3N4O2S/c1-7-17-4-8(23-7)5-19-12(21)20-9-6-18-11(13(14,15)16)3-10(9)22-2/h3-4,6H,5H2,1-2H3,(H2,19,20,21). The van der Waals surface area contributed by atoms with Crippen LogP contribution in [0.2, 0.25) is 0 Å². The lowest BCUT2D eigenvalue weighted by Gasteiger charge is -2.13. The molecule has 0 aromatic carbocycles. The predicted octanol–water partition coefficient (Wildman–Crippen LogP) is 3.20. The van der Waals surface area contributed by atoms with Gasteiger partial charge in [0.25, 0.3) is 0 Å². The van der Waals surface area contributed by atoms with Gasteiger partial charge in [0.1, 0.15) is 17.1 Å². The first-order valence-corrected chi connectivity index (χ1v) is 7.18. The average Bonchev–Trinajstić information content (AvgIpc) is 2.90. The summed E-state index contributed by atoms with van der Waals surface area (Å²) < 4.78 is 42.6. The zero-order valence-electron chi connectivity index (χ0n) is 12.2. The number of thiazole rings is 1. The number of aryl methyl sites for hydroxylation is 1. The summed E-state index contributed by atoms with van der Waals surface area (Å²) in [7, 11) is 1.21. The van der Waals surface area contributed by atoms with Crippen molar-refractivity contribution in [1.82, 2.24) is 15.3 Å². The number of urea groups is 1. The maximum atomic E-state index is 12.6. The first kappa shape index (κ1) is 17.0. The Morgan fingerprint density at radius 3 is 2.65 bits per heavy atom. The Hall–Kier alpha value is -2.36. The van der Waals surface area contributed by atoms with Crippen molar-refractivity contribution in [2.75, 3.05) is 12.4 Å². The maximum Gasteiger partial charge on any atom is 0.433 e. The van der Waals surface area contributed by atoms with Crippen LogP contribution in [0, 0.1) is 6.92 Å². The van der Waals surface area contributed by atoms with Crippen LogP contribution in [0.5, 0.6) is 5.75 Å². The number of hydrogen-bond acceptors (Lipinski definition) is 5. The van der Waals surface area contributed by atoms with Gasteiger partial charge in [0.2, 0.25) is 0 Å². The molecule has 2 rings (SSSR count). The topological polar surface area (TPSA) is 76.1 Å². The van der Waals surface area contributed by atoms with Gasteiger partial charge >= 0.3 is 12.2 Å². The third-order valence-corrected chi connectivity index (χ3v) is 3.63. The molecule has 0 spiro atoms. The second kappa shape index (κ2) is 6.82. The Morgan fingerprint density at radius 2 is 2.09 bits per heavy atom. The van der Waals surface area contributed by atoms with Crippen LogP contribution < -0.4 is 15.4 Å². The first-order valence-electron chi connectivity index (χ1n) is 6.37. The molecule has 0 fully saturated rings. The molecule has 2 aromatic heterocycles. The number of pyridine rings is 1. The highest BCUT2D eigenvalue weighted by Gasteiger charge is 2.33. The fraction of sp³-hybridized carbons (Fsp3) is 0.308. The number of anilines is 1. The number of methoxy groups -OCH3 is 1. The number of nitrogens with one attached hydrogen (secondary N) is 2. The summed E-state index contributed by atoms with van der Waals surface area (Å²) in [4.78, 5) is 20.0. The number of carbonyl (C=O) groups is 1. The quantitative estimate of drug-likeness (QED) is 0.891. The summed E-state index contributed by atoms with van der Waals surface area (Å²) in [6.07, 6.45) is -2.04. The Bertz CT molecular complexity index is 703. The predicted molar refractivity (Wildman–Crippen MR) is 78.5 cm³/mol. The second-order valence-corrected chi connectivity index (χ2v) is 5.74. The van der Waals surface area contributed by atoms with Crippen molar-refractivity contribution in [2.24, 2.45) is 0 Å². The largest absolute Gasteiger partial charge is 0.494 e. The minimum atomic E-state index is -4.59.